The molecular formula is C14H17N3O2S. The summed E-state index contributed by atoms with van der Waals surface area (Å²) in [5.41, 5.74) is 2.93. The summed E-state index contributed by atoms with van der Waals surface area (Å²) in [4.78, 5) is 0.459. The van der Waals surface area contributed by atoms with Gasteiger partial charge >= 0.3 is 0 Å². The normalized spacial score (nSPS) is 20.0. The van der Waals surface area contributed by atoms with E-state index in [9.17, 15) is 8.42 Å². The summed E-state index contributed by atoms with van der Waals surface area (Å²) < 4.78 is 25.9. The van der Waals surface area contributed by atoms with Gasteiger partial charge < -0.3 is 5.32 Å². The Bertz CT molecular complexity index is 750. The Morgan fingerprint density at radius 2 is 2.15 bits per heavy atom. The van der Waals surface area contributed by atoms with Crippen LogP contribution in [0.15, 0.2) is 35.4 Å². The molecular weight excluding hydrogens is 274 g/mol. The maximum Gasteiger partial charge on any atom is 0.180 e. The molecule has 0 amide bonds. The highest BCUT2D eigenvalue weighted by Crippen LogP contribution is 2.33. The van der Waals surface area contributed by atoms with Gasteiger partial charge in [-0.3, -0.25) is 4.68 Å². The summed E-state index contributed by atoms with van der Waals surface area (Å²) in [5.74, 6) is 0.131. The number of nitrogens with one attached hydrogen (secondary N) is 1. The van der Waals surface area contributed by atoms with Gasteiger partial charge in [0, 0.05) is 31.4 Å². The molecule has 1 aliphatic heterocycles. The van der Waals surface area contributed by atoms with Gasteiger partial charge in [0.1, 0.15) is 0 Å². The van der Waals surface area contributed by atoms with Crippen molar-refractivity contribution in [3.05, 3.63) is 47.3 Å². The highest BCUT2D eigenvalue weighted by molar-refractivity contribution is 7.91. The fourth-order valence-electron chi connectivity index (χ4n) is 2.67. The van der Waals surface area contributed by atoms with E-state index in [1.54, 1.807) is 16.8 Å². The lowest BCUT2D eigenvalue weighted by molar-refractivity contribution is 0.565. The minimum Gasteiger partial charge on any atom is -0.305 e. The molecule has 20 heavy (non-hydrogen) atoms. The smallest absolute Gasteiger partial charge is 0.180 e. The lowest BCUT2D eigenvalue weighted by Gasteiger charge is -2.11. The number of benzene rings is 1. The molecule has 2 aromatic rings. The highest BCUT2D eigenvalue weighted by Gasteiger charge is 2.33. The van der Waals surface area contributed by atoms with Crippen LogP contribution in [0.25, 0.3) is 0 Å². The fourth-order valence-corrected chi connectivity index (χ4v) is 4.45. The van der Waals surface area contributed by atoms with Gasteiger partial charge in [-0.05, 0) is 18.6 Å². The molecule has 6 heteroatoms. The third-order valence-corrected chi connectivity index (χ3v) is 5.48. The van der Waals surface area contributed by atoms with Gasteiger partial charge in [0.25, 0.3) is 0 Å². The summed E-state index contributed by atoms with van der Waals surface area (Å²) in [6.07, 6.45) is 1.96. The quantitative estimate of drug-likeness (QED) is 0.927. The lowest BCUT2D eigenvalue weighted by atomic mass is 10.1. The van der Waals surface area contributed by atoms with E-state index in [-0.39, 0.29) is 11.8 Å². The van der Waals surface area contributed by atoms with Crippen LogP contribution in [0.2, 0.25) is 0 Å². The lowest BCUT2D eigenvalue weighted by Crippen LogP contribution is -2.22. The number of aromatic nitrogens is 2. The molecule has 0 saturated heterocycles. The van der Waals surface area contributed by atoms with Crippen LogP contribution >= 0.6 is 0 Å². The Morgan fingerprint density at radius 3 is 2.85 bits per heavy atom. The first-order valence-corrected chi connectivity index (χ1v) is 8.17. The summed E-state index contributed by atoms with van der Waals surface area (Å²) in [7, 11) is -1.27. The molecule has 1 aromatic carbocycles. The fraction of sp³-hybridized carbons (Fsp3) is 0.357. The van der Waals surface area contributed by atoms with E-state index in [1.807, 2.05) is 32.3 Å². The molecule has 1 N–H and O–H groups in total. The first-order chi connectivity index (χ1) is 9.47. The highest BCUT2D eigenvalue weighted by atomic mass is 32.2. The largest absolute Gasteiger partial charge is 0.305 e. The molecule has 1 aliphatic rings. The molecule has 0 saturated carbocycles. The zero-order valence-corrected chi connectivity index (χ0v) is 12.3. The molecule has 0 fully saturated rings. The van der Waals surface area contributed by atoms with Crippen molar-refractivity contribution in [2.75, 3.05) is 5.75 Å². The Hall–Kier alpha value is -1.66. The third kappa shape index (κ3) is 2.25. The molecule has 3 rings (SSSR count). The summed E-state index contributed by atoms with van der Waals surface area (Å²) in [5, 5.41) is 7.62. The second-order valence-electron chi connectivity index (χ2n) is 5.17. The standard InChI is InChI=1S/C14H17N3O2S/c1-10-11(8-17(2)16-10)7-15-13-9-20(18,19)14-6-4-3-5-12(13)14/h3-6,8,13,15H,7,9H2,1-2H3. The molecule has 1 aromatic heterocycles. The average molecular weight is 291 g/mol. The zero-order chi connectivity index (χ0) is 14.3. The van der Waals surface area contributed by atoms with E-state index in [1.165, 1.54) is 0 Å². The number of aryl methyl sites for hydroxylation is 2. The van der Waals surface area contributed by atoms with E-state index < -0.39 is 9.84 Å². The molecule has 0 radical (unpaired) electrons. The number of nitrogens with zero attached hydrogens (tertiary/aromatic N) is 2. The summed E-state index contributed by atoms with van der Waals surface area (Å²) in [6, 6.07) is 7.07. The van der Waals surface area contributed by atoms with E-state index >= 15 is 0 Å². The average Bonchev–Trinajstić information content (AvgIpc) is 2.85. The second kappa shape index (κ2) is 4.71. The van der Waals surface area contributed by atoms with Gasteiger partial charge in [-0.25, -0.2) is 8.42 Å². The molecule has 106 valence electrons. The van der Waals surface area contributed by atoms with E-state index in [4.69, 9.17) is 0 Å². The Kier molecular flexibility index (Phi) is 3.14. The Balaban J connectivity index is 1.82. The van der Waals surface area contributed by atoms with Crippen LogP contribution < -0.4 is 5.32 Å². The molecule has 1 atom stereocenters. The maximum atomic E-state index is 12.1. The van der Waals surface area contributed by atoms with Crippen molar-refractivity contribution < 1.29 is 8.42 Å². The van der Waals surface area contributed by atoms with Crippen molar-refractivity contribution in [3.8, 4) is 0 Å². The third-order valence-electron chi connectivity index (χ3n) is 3.67. The van der Waals surface area contributed by atoms with Gasteiger partial charge in [-0.15, -0.1) is 0 Å². The van der Waals surface area contributed by atoms with Crippen molar-refractivity contribution in [1.82, 2.24) is 15.1 Å². The Morgan fingerprint density at radius 1 is 1.40 bits per heavy atom. The zero-order valence-electron chi connectivity index (χ0n) is 11.5. The SMILES string of the molecule is Cc1nn(C)cc1CNC1CS(=O)(=O)c2ccccc21. The summed E-state index contributed by atoms with van der Waals surface area (Å²) in [6.45, 7) is 2.57. The predicted molar refractivity (Wildman–Crippen MR) is 76.0 cm³/mol. The number of hydrogen-bond donors (Lipinski definition) is 1. The van der Waals surface area contributed by atoms with E-state index in [0.717, 1.165) is 16.8 Å². The first kappa shape index (κ1) is 13.3. The molecule has 0 aliphatic carbocycles. The van der Waals surface area contributed by atoms with Gasteiger partial charge in [-0.2, -0.15) is 5.10 Å². The van der Waals surface area contributed by atoms with Crippen LogP contribution in [-0.4, -0.2) is 24.0 Å². The van der Waals surface area contributed by atoms with Crippen molar-refractivity contribution >= 4 is 9.84 Å². The maximum absolute atomic E-state index is 12.1. The minimum absolute atomic E-state index is 0.131. The van der Waals surface area contributed by atoms with Crippen molar-refractivity contribution in [1.29, 1.82) is 0 Å². The monoisotopic (exact) mass is 291 g/mol. The molecule has 2 heterocycles. The van der Waals surface area contributed by atoms with Crippen LogP contribution in [0.5, 0.6) is 0 Å². The number of fused-ring (bicyclic) bond motifs is 1. The van der Waals surface area contributed by atoms with E-state index in [2.05, 4.69) is 10.4 Å². The molecule has 5 nitrogen and oxygen atoms in total. The van der Waals surface area contributed by atoms with E-state index in [0.29, 0.717) is 11.4 Å². The number of rotatable bonds is 3. The molecule has 0 spiro atoms. The van der Waals surface area contributed by atoms with Gasteiger partial charge in [-0.1, -0.05) is 18.2 Å². The predicted octanol–water partition coefficient (Wildman–Crippen LogP) is 1.35. The van der Waals surface area contributed by atoms with Crippen LogP contribution in [0.1, 0.15) is 22.9 Å². The van der Waals surface area contributed by atoms with Crippen molar-refractivity contribution in [3.63, 3.8) is 0 Å². The summed E-state index contributed by atoms with van der Waals surface area (Å²) >= 11 is 0. The molecule has 1 unspecified atom stereocenters. The first-order valence-electron chi connectivity index (χ1n) is 6.51. The van der Waals surface area contributed by atoms with Crippen LogP contribution in [0.3, 0.4) is 0 Å². The molecule has 0 bridgehead atoms. The number of hydrogen-bond acceptors (Lipinski definition) is 4. The van der Waals surface area contributed by atoms with Crippen molar-refractivity contribution in [2.45, 2.75) is 24.4 Å². The van der Waals surface area contributed by atoms with Crippen LogP contribution in [0.4, 0.5) is 0 Å². The number of sulfone groups is 1. The van der Waals surface area contributed by atoms with Gasteiger partial charge in [0.05, 0.1) is 16.3 Å². The van der Waals surface area contributed by atoms with Gasteiger partial charge in [0.2, 0.25) is 0 Å². The topological polar surface area (TPSA) is 64.0 Å². The van der Waals surface area contributed by atoms with Gasteiger partial charge in [0.15, 0.2) is 9.84 Å². The van der Waals surface area contributed by atoms with Crippen molar-refractivity contribution in [2.24, 2.45) is 7.05 Å². The second-order valence-corrected chi connectivity index (χ2v) is 7.17. The van der Waals surface area contributed by atoms with Crippen LogP contribution in [-0.2, 0) is 23.4 Å². The van der Waals surface area contributed by atoms with Crippen LogP contribution in [0, 0.1) is 6.92 Å². The minimum atomic E-state index is -3.15. The Labute approximate surface area is 118 Å².